The second kappa shape index (κ2) is 4.19. The first-order valence-corrected chi connectivity index (χ1v) is 6.17. The third kappa shape index (κ3) is 1.96. The fourth-order valence-corrected chi connectivity index (χ4v) is 2.99. The number of rotatable bonds is 2. The monoisotopic (exact) mass is 196 g/mol. The van der Waals surface area contributed by atoms with Gasteiger partial charge in [-0.3, -0.25) is 0 Å². The molecular formula is C12H24N2. The molecule has 2 aliphatic rings. The highest BCUT2D eigenvalue weighted by molar-refractivity contribution is 4.90. The van der Waals surface area contributed by atoms with Crippen molar-refractivity contribution in [1.29, 1.82) is 0 Å². The topological polar surface area (TPSA) is 6.48 Å². The lowest BCUT2D eigenvalue weighted by Crippen LogP contribution is -2.39. The van der Waals surface area contributed by atoms with Crippen LogP contribution in [0.2, 0.25) is 0 Å². The Bertz CT molecular complexity index is 191. The van der Waals surface area contributed by atoms with Crippen molar-refractivity contribution in [2.45, 2.75) is 33.2 Å². The van der Waals surface area contributed by atoms with Crippen molar-refractivity contribution >= 4 is 0 Å². The van der Waals surface area contributed by atoms with Crippen molar-refractivity contribution in [3.05, 3.63) is 0 Å². The molecule has 0 aromatic carbocycles. The molecule has 0 N–H and O–H groups in total. The maximum absolute atomic E-state index is 2.66. The number of hydrogen-bond donors (Lipinski definition) is 0. The number of piperidine rings is 1. The minimum absolute atomic E-state index is 0.746. The summed E-state index contributed by atoms with van der Waals surface area (Å²) in [5.74, 6) is 1.96. The van der Waals surface area contributed by atoms with E-state index in [1.165, 1.54) is 39.1 Å². The lowest BCUT2D eigenvalue weighted by molar-refractivity contribution is 0.155. The number of likely N-dealkylation sites (tertiary alicyclic amines) is 2. The maximum Gasteiger partial charge on any atom is 0.00388 e. The summed E-state index contributed by atoms with van der Waals surface area (Å²) in [5.41, 5.74) is 0. The molecule has 0 aliphatic carbocycles. The summed E-state index contributed by atoms with van der Waals surface area (Å²) in [5, 5.41) is 0. The molecule has 2 rings (SSSR count). The summed E-state index contributed by atoms with van der Waals surface area (Å²) in [6.07, 6.45) is 1.43. The Morgan fingerprint density at radius 3 is 2.50 bits per heavy atom. The van der Waals surface area contributed by atoms with E-state index in [2.05, 4.69) is 30.6 Å². The zero-order valence-electron chi connectivity index (χ0n) is 9.87. The molecule has 2 aliphatic heterocycles. The van der Waals surface area contributed by atoms with E-state index in [1.807, 2.05) is 0 Å². The molecule has 0 saturated carbocycles. The summed E-state index contributed by atoms with van der Waals surface area (Å²) in [7, 11) is 0. The van der Waals surface area contributed by atoms with Crippen LogP contribution >= 0.6 is 0 Å². The van der Waals surface area contributed by atoms with E-state index in [0.717, 1.165) is 17.9 Å². The van der Waals surface area contributed by atoms with E-state index in [4.69, 9.17) is 0 Å². The predicted molar refractivity (Wildman–Crippen MR) is 60.4 cm³/mol. The van der Waals surface area contributed by atoms with Crippen molar-refractivity contribution < 1.29 is 0 Å². The average molecular weight is 196 g/mol. The van der Waals surface area contributed by atoms with Gasteiger partial charge < -0.3 is 9.80 Å². The third-order valence-electron chi connectivity index (χ3n) is 4.09. The Morgan fingerprint density at radius 1 is 1.14 bits per heavy atom. The van der Waals surface area contributed by atoms with Crippen molar-refractivity contribution in [2.24, 2.45) is 11.8 Å². The minimum atomic E-state index is 0.746. The van der Waals surface area contributed by atoms with Gasteiger partial charge in [0.1, 0.15) is 0 Å². The zero-order valence-corrected chi connectivity index (χ0v) is 9.87. The van der Waals surface area contributed by atoms with Crippen LogP contribution in [0.15, 0.2) is 0 Å². The highest BCUT2D eigenvalue weighted by Crippen LogP contribution is 2.31. The molecular weight excluding hydrogens is 172 g/mol. The van der Waals surface area contributed by atoms with E-state index in [-0.39, 0.29) is 0 Å². The molecule has 2 nitrogen and oxygen atoms in total. The molecule has 0 amide bonds. The van der Waals surface area contributed by atoms with Gasteiger partial charge in [0.05, 0.1) is 0 Å². The number of hydrogen-bond acceptors (Lipinski definition) is 2. The van der Waals surface area contributed by atoms with E-state index >= 15 is 0 Å². The van der Waals surface area contributed by atoms with Crippen molar-refractivity contribution in [2.75, 3.05) is 32.7 Å². The lowest BCUT2D eigenvalue weighted by Gasteiger charge is -2.33. The molecule has 0 aromatic heterocycles. The van der Waals surface area contributed by atoms with E-state index in [9.17, 15) is 0 Å². The Hall–Kier alpha value is -0.0800. The highest BCUT2D eigenvalue weighted by Gasteiger charge is 2.37. The summed E-state index contributed by atoms with van der Waals surface area (Å²) in [6, 6.07) is 0.746. The van der Waals surface area contributed by atoms with Gasteiger partial charge in [-0.15, -0.1) is 0 Å². The summed E-state index contributed by atoms with van der Waals surface area (Å²) in [4.78, 5) is 5.28. The first-order valence-electron chi connectivity index (χ1n) is 6.17. The van der Waals surface area contributed by atoms with Crippen LogP contribution < -0.4 is 0 Å². The molecule has 2 saturated heterocycles. The first kappa shape index (κ1) is 10.4. The molecule has 2 heterocycles. The van der Waals surface area contributed by atoms with Crippen LogP contribution in [0.1, 0.15) is 27.2 Å². The van der Waals surface area contributed by atoms with Crippen LogP contribution in [0.4, 0.5) is 0 Å². The van der Waals surface area contributed by atoms with Crippen LogP contribution in [0.3, 0.4) is 0 Å². The average Bonchev–Trinajstić information content (AvgIpc) is 2.59. The van der Waals surface area contributed by atoms with Gasteiger partial charge in [0.2, 0.25) is 0 Å². The molecule has 82 valence electrons. The minimum Gasteiger partial charge on any atom is -0.303 e. The zero-order chi connectivity index (χ0) is 10.1. The molecule has 0 spiro atoms. The van der Waals surface area contributed by atoms with Gasteiger partial charge >= 0.3 is 0 Å². The number of nitrogens with zero attached hydrogens (tertiary/aromatic N) is 2. The molecule has 2 atom stereocenters. The molecule has 0 bridgehead atoms. The SMILES string of the molecule is CCN1CCC2CN(C(C)C)CC2C1. The Morgan fingerprint density at radius 2 is 1.86 bits per heavy atom. The Labute approximate surface area is 88.3 Å². The normalized spacial score (nSPS) is 35.1. The summed E-state index contributed by atoms with van der Waals surface area (Å²) < 4.78 is 0. The highest BCUT2D eigenvalue weighted by atomic mass is 15.2. The fraction of sp³-hybridized carbons (Fsp3) is 1.00. The molecule has 14 heavy (non-hydrogen) atoms. The van der Waals surface area contributed by atoms with Crippen LogP contribution in [0.25, 0.3) is 0 Å². The van der Waals surface area contributed by atoms with E-state index in [0.29, 0.717) is 0 Å². The third-order valence-corrected chi connectivity index (χ3v) is 4.09. The van der Waals surface area contributed by atoms with Crippen LogP contribution in [0, 0.1) is 11.8 Å². The van der Waals surface area contributed by atoms with Gasteiger partial charge in [0.15, 0.2) is 0 Å². The predicted octanol–water partition coefficient (Wildman–Crippen LogP) is 1.67. The molecule has 2 fully saturated rings. The molecule has 0 radical (unpaired) electrons. The standard InChI is InChI=1S/C12H24N2/c1-4-13-6-5-11-8-14(10(2)3)9-12(11)7-13/h10-12H,4-9H2,1-3H3. The van der Waals surface area contributed by atoms with Crippen LogP contribution in [0.5, 0.6) is 0 Å². The smallest absolute Gasteiger partial charge is 0.00388 e. The lowest BCUT2D eigenvalue weighted by atomic mass is 9.89. The number of fused-ring (bicyclic) bond motifs is 1. The van der Waals surface area contributed by atoms with Crippen LogP contribution in [-0.2, 0) is 0 Å². The first-order chi connectivity index (χ1) is 6.70. The largest absolute Gasteiger partial charge is 0.303 e. The van der Waals surface area contributed by atoms with E-state index < -0.39 is 0 Å². The Kier molecular flexibility index (Phi) is 3.13. The van der Waals surface area contributed by atoms with E-state index in [1.54, 1.807) is 0 Å². The van der Waals surface area contributed by atoms with Gasteiger partial charge in [-0.05, 0) is 45.2 Å². The van der Waals surface area contributed by atoms with Crippen molar-refractivity contribution in [3.8, 4) is 0 Å². The molecule has 0 aromatic rings. The van der Waals surface area contributed by atoms with Gasteiger partial charge in [-0.1, -0.05) is 6.92 Å². The summed E-state index contributed by atoms with van der Waals surface area (Å²) >= 11 is 0. The molecule has 2 heteroatoms. The second-order valence-corrected chi connectivity index (χ2v) is 5.25. The van der Waals surface area contributed by atoms with Crippen LogP contribution in [-0.4, -0.2) is 48.6 Å². The maximum atomic E-state index is 2.66. The molecule has 2 unspecified atom stereocenters. The fourth-order valence-electron chi connectivity index (χ4n) is 2.99. The Balaban J connectivity index is 1.91. The second-order valence-electron chi connectivity index (χ2n) is 5.25. The van der Waals surface area contributed by atoms with Gasteiger partial charge in [0, 0.05) is 25.7 Å². The van der Waals surface area contributed by atoms with Gasteiger partial charge in [-0.25, -0.2) is 0 Å². The quantitative estimate of drug-likeness (QED) is 0.663. The van der Waals surface area contributed by atoms with Crippen molar-refractivity contribution in [3.63, 3.8) is 0 Å². The van der Waals surface area contributed by atoms with Gasteiger partial charge in [0.25, 0.3) is 0 Å². The summed E-state index contributed by atoms with van der Waals surface area (Å²) in [6.45, 7) is 13.6. The van der Waals surface area contributed by atoms with Crippen molar-refractivity contribution in [1.82, 2.24) is 9.80 Å². The van der Waals surface area contributed by atoms with Gasteiger partial charge in [-0.2, -0.15) is 0 Å².